The van der Waals surface area contributed by atoms with E-state index in [2.05, 4.69) is 21.2 Å². The first-order chi connectivity index (χ1) is 14.6. The molecule has 4 aromatic rings. The van der Waals surface area contributed by atoms with Crippen LogP contribution < -0.4 is 10.4 Å². The first kappa shape index (κ1) is 19.2. The van der Waals surface area contributed by atoms with Crippen LogP contribution in [0.1, 0.15) is 28.9 Å². The van der Waals surface area contributed by atoms with Crippen molar-refractivity contribution in [3.05, 3.63) is 80.4 Å². The molecule has 2 aromatic heterocycles. The molecule has 0 aliphatic heterocycles. The highest BCUT2D eigenvalue weighted by Crippen LogP contribution is 2.30. The summed E-state index contributed by atoms with van der Waals surface area (Å²) in [4.78, 5) is 16.5. The Labute approximate surface area is 181 Å². The van der Waals surface area contributed by atoms with E-state index in [0.29, 0.717) is 33.1 Å². The van der Waals surface area contributed by atoms with Gasteiger partial charge in [-0.05, 0) is 72.4 Å². The van der Waals surface area contributed by atoms with E-state index in [0.717, 1.165) is 30.2 Å². The SMILES string of the molecule is O=c1cc(CSc2n[nH]c(COc3ccc(Cl)cc3)n2)c2cc3c(cc2o1)CCC3. The number of hydrogen-bond donors (Lipinski definition) is 1. The van der Waals surface area contributed by atoms with Gasteiger partial charge in [0.25, 0.3) is 0 Å². The van der Waals surface area contributed by atoms with Crippen LogP contribution in [-0.2, 0) is 25.2 Å². The van der Waals surface area contributed by atoms with Crippen molar-refractivity contribution in [3.8, 4) is 5.75 Å². The molecule has 1 N–H and O–H groups in total. The molecule has 2 aromatic carbocycles. The lowest BCUT2D eigenvalue weighted by Gasteiger charge is -2.07. The van der Waals surface area contributed by atoms with Gasteiger partial charge in [-0.2, -0.15) is 0 Å². The number of H-pyrrole nitrogens is 1. The highest BCUT2D eigenvalue weighted by Gasteiger charge is 2.16. The number of thioether (sulfide) groups is 1. The Morgan fingerprint density at radius 2 is 1.93 bits per heavy atom. The van der Waals surface area contributed by atoms with Crippen LogP contribution in [0.25, 0.3) is 11.0 Å². The molecule has 0 amide bonds. The standard InChI is InChI=1S/C22H18ClN3O3S/c23-16-4-6-17(7-5-16)28-11-20-24-22(26-25-20)30-12-15-10-21(27)29-19-9-14-3-1-2-13(14)8-18(15)19/h4-10H,1-3,11-12H2,(H,24,25,26). The van der Waals surface area contributed by atoms with E-state index in [1.807, 2.05) is 6.07 Å². The van der Waals surface area contributed by atoms with E-state index in [1.54, 1.807) is 30.3 Å². The molecule has 1 aliphatic rings. The Balaban J connectivity index is 1.29. The van der Waals surface area contributed by atoms with Gasteiger partial charge in [0.15, 0.2) is 5.82 Å². The Kier molecular flexibility index (Phi) is 5.23. The summed E-state index contributed by atoms with van der Waals surface area (Å²) >= 11 is 7.35. The summed E-state index contributed by atoms with van der Waals surface area (Å²) in [6, 6.07) is 12.9. The van der Waals surface area contributed by atoms with E-state index in [4.69, 9.17) is 20.8 Å². The maximum atomic E-state index is 12.0. The van der Waals surface area contributed by atoms with Crippen molar-refractivity contribution in [1.29, 1.82) is 0 Å². The van der Waals surface area contributed by atoms with E-state index in [-0.39, 0.29) is 12.2 Å². The van der Waals surface area contributed by atoms with Gasteiger partial charge in [-0.25, -0.2) is 9.78 Å². The molecule has 0 saturated heterocycles. The Morgan fingerprint density at radius 1 is 1.13 bits per heavy atom. The zero-order valence-corrected chi connectivity index (χ0v) is 17.6. The Bertz CT molecular complexity index is 1270. The predicted molar refractivity (Wildman–Crippen MR) is 116 cm³/mol. The topological polar surface area (TPSA) is 81.0 Å². The van der Waals surface area contributed by atoms with Crippen molar-refractivity contribution in [3.63, 3.8) is 0 Å². The lowest BCUT2D eigenvalue weighted by atomic mass is 10.0. The highest BCUT2D eigenvalue weighted by atomic mass is 35.5. The predicted octanol–water partition coefficient (Wildman–Crippen LogP) is 4.92. The summed E-state index contributed by atoms with van der Waals surface area (Å²) in [6.07, 6.45) is 3.28. The molecule has 0 unspecified atom stereocenters. The van der Waals surface area contributed by atoms with E-state index >= 15 is 0 Å². The van der Waals surface area contributed by atoms with Gasteiger partial charge in [0.05, 0.1) is 0 Å². The summed E-state index contributed by atoms with van der Waals surface area (Å²) < 4.78 is 11.1. The average Bonchev–Trinajstić information content (AvgIpc) is 3.39. The molecule has 0 radical (unpaired) electrons. The number of hydrogen-bond acceptors (Lipinski definition) is 6. The van der Waals surface area contributed by atoms with Crippen LogP contribution in [0, 0.1) is 0 Å². The van der Waals surface area contributed by atoms with Crippen LogP contribution in [-0.4, -0.2) is 15.2 Å². The third kappa shape index (κ3) is 4.08. The summed E-state index contributed by atoms with van der Waals surface area (Å²) in [7, 11) is 0. The van der Waals surface area contributed by atoms with Crippen LogP contribution in [0.3, 0.4) is 0 Å². The number of fused-ring (bicyclic) bond motifs is 2. The van der Waals surface area contributed by atoms with Crippen molar-refractivity contribution in [2.24, 2.45) is 0 Å². The van der Waals surface area contributed by atoms with Crippen LogP contribution >= 0.6 is 23.4 Å². The van der Waals surface area contributed by atoms with Crippen LogP contribution in [0.5, 0.6) is 5.75 Å². The number of benzene rings is 2. The van der Waals surface area contributed by atoms with Crippen molar-refractivity contribution < 1.29 is 9.15 Å². The van der Waals surface area contributed by atoms with Gasteiger partial charge in [-0.15, -0.1) is 5.10 Å². The summed E-state index contributed by atoms with van der Waals surface area (Å²) in [5.74, 6) is 1.92. The molecule has 5 rings (SSSR count). The van der Waals surface area contributed by atoms with Crippen LogP contribution in [0.2, 0.25) is 5.02 Å². The minimum Gasteiger partial charge on any atom is -0.486 e. The molecular formula is C22H18ClN3O3S. The Hall–Kier alpha value is -2.77. The van der Waals surface area contributed by atoms with Crippen molar-refractivity contribution in [2.75, 3.05) is 0 Å². The summed E-state index contributed by atoms with van der Waals surface area (Å²) in [5, 5.41) is 9.39. The fraction of sp³-hybridized carbons (Fsp3) is 0.227. The zero-order valence-electron chi connectivity index (χ0n) is 16.0. The molecule has 8 heteroatoms. The monoisotopic (exact) mass is 439 g/mol. The largest absolute Gasteiger partial charge is 0.486 e. The van der Waals surface area contributed by atoms with Gasteiger partial charge >= 0.3 is 5.63 Å². The molecule has 0 atom stereocenters. The van der Waals surface area contributed by atoms with Crippen LogP contribution in [0.15, 0.2) is 56.8 Å². The van der Waals surface area contributed by atoms with E-state index in [9.17, 15) is 4.79 Å². The first-order valence-electron chi connectivity index (χ1n) is 9.65. The smallest absolute Gasteiger partial charge is 0.336 e. The van der Waals surface area contributed by atoms with Gasteiger partial charge < -0.3 is 9.15 Å². The van der Waals surface area contributed by atoms with Crippen molar-refractivity contribution in [2.45, 2.75) is 36.8 Å². The normalized spacial score (nSPS) is 13.0. The molecule has 152 valence electrons. The lowest BCUT2D eigenvalue weighted by molar-refractivity contribution is 0.296. The minimum absolute atomic E-state index is 0.277. The van der Waals surface area contributed by atoms with Gasteiger partial charge in [0, 0.05) is 22.2 Å². The molecule has 1 aliphatic carbocycles. The number of ether oxygens (including phenoxy) is 1. The second kappa shape index (κ2) is 8.16. The number of rotatable bonds is 6. The fourth-order valence-electron chi connectivity index (χ4n) is 3.65. The van der Waals surface area contributed by atoms with Crippen molar-refractivity contribution >= 4 is 34.3 Å². The van der Waals surface area contributed by atoms with Gasteiger partial charge in [-0.1, -0.05) is 23.4 Å². The lowest BCUT2D eigenvalue weighted by Crippen LogP contribution is -2.01. The van der Waals surface area contributed by atoms with Crippen molar-refractivity contribution in [1.82, 2.24) is 15.2 Å². The molecule has 0 saturated carbocycles. The number of nitrogens with one attached hydrogen (secondary N) is 1. The van der Waals surface area contributed by atoms with Gasteiger partial charge in [-0.3, -0.25) is 5.10 Å². The van der Waals surface area contributed by atoms with Gasteiger partial charge in [0.2, 0.25) is 5.16 Å². The minimum atomic E-state index is -0.330. The zero-order chi connectivity index (χ0) is 20.5. The van der Waals surface area contributed by atoms with E-state index < -0.39 is 0 Å². The summed E-state index contributed by atoms with van der Waals surface area (Å²) in [5.41, 5.74) is 3.90. The molecule has 2 heterocycles. The molecule has 0 bridgehead atoms. The summed E-state index contributed by atoms with van der Waals surface area (Å²) in [6.45, 7) is 0.277. The second-order valence-electron chi connectivity index (χ2n) is 7.16. The maximum Gasteiger partial charge on any atom is 0.336 e. The highest BCUT2D eigenvalue weighted by molar-refractivity contribution is 7.98. The first-order valence-corrected chi connectivity index (χ1v) is 11.0. The Morgan fingerprint density at radius 3 is 2.77 bits per heavy atom. The number of nitrogens with zero attached hydrogens (tertiary/aromatic N) is 2. The molecule has 0 spiro atoms. The van der Waals surface area contributed by atoms with Gasteiger partial charge in [0.1, 0.15) is 17.9 Å². The number of aromatic amines is 1. The average molecular weight is 440 g/mol. The van der Waals surface area contributed by atoms with E-state index in [1.165, 1.54) is 22.9 Å². The molecule has 6 nitrogen and oxygen atoms in total. The van der Waals surface area contributed by atoms with Crippen LogP contribution in [0.4, 0.5) is 0 Å². The third-order valence-corrected chi connectivity index (χ3v) is 6.25. The molecule has 30 heavy (non-hydrogen) atoms. The second-order valence-corrected chi connectivity index (χ2v) is 8.54. The quantitative estimate of drug-likeness (QED) is 0.339. The maximum absolute atomic E-state index is 12.0. The third-order valence-electron chi connectivity index (χ3n) is 5.10. The molecular weight excluding hydrogens is 422 g/mol. The number of aromatic nitrogens is 3. The fourth-order valence-corrected chi connectivity index (χ4v) is 4.58. The molecule has 0 fully saturated rings. The number of aryl methyl sites for hydroxylation is 2. The number of halogens is 1.